The molecule has 0 aliphatic rings. The molecule has 1 aromatic rings. The van der Waals surface area contributed by atoms with Gasteiger partial charge in [-0.3, -0.25) is 4.79 Å². The number of methoxy groups -OCH3 is 1. The minimum Gasteiger partial charge on any atom is -0.495 e. The van der Waals surface area contributed by atoms with E-state index in [4.69, 9.17) is 21.4 Å². The molecule has 1 unspecified atom stereocenters. The number of carbonyl (C=O) groups is 1. The third-order valence-electron chi connectivity index (χ3n) is 2.27. The summed E-state index contributed by atoms with van der Waals surface area (Å²) in [5.74, 6) is -1.79. The number of ether oxygens (including phenoxy) is 1. The molecule has 16 heavy (non-hydrogen) atoms. The number of hydrogen-bond donors (Lipinski definition) is 1. The van der Waals surface area contributed by atoms with Crippen LogP contribution in [0.3, 0.4) is 0 Å². The van der Waals surface area contributed by atoms with Gasteiger partial charge in [0.15, 0.2) is 0 Å². The zero-order chi connectivity index (χ0) is 12.3. The van der Waals surface area contributed by atoms with Crippen LogP contribution in [0.4, 0.5) is 4.39 Å². The van der Waals surface area contributed by atoms with Gasteiger partial charge in [-0.25, -0.2) is 4.39 Å². The molecule has 0 aliphatic carbocycles. The summed E-state index contributed by atoms with van der Waals surface area (Å²) < 4.78 is 18.6. The van der Waals surface area contributed by atoms with Crippen molar-refractivity contribution in [2.75, 3.05) is 7.11 Å². The molecule has 0 saturated heterocycles. The molecule has 0 amide bonds. The molecular weight excluding hydrogens is 235 g/mol. The second kappa shape index (κ2) is 5.16. The lowest BCUT2D eigenvalue weighted by Gasteiger charge is -2.15. The first-order valence-corrected chi connectivity index (χ1v) is 5.08. The Balaban J connectivity index is 3.19. The molecule has 0 heterocycles. The Kier molecular flexibility index (Phi) is 4.12. The number of carboxylic acid groups (broad SMARTS) is 1. The van der Waals surface area contributed by atoms with E-state index in [0.29, 0.717) is 0 Å². The van der Waals surface area contributed by atoms with E-state index in [1.54, 1.807) is 6.92 Å². The van der Waals surface area contributed by atoms with Crippen molar-refractivity contribution in [2.45, 2.75) is 19.3 Å². The van der Waals surface area contributed by atoms with E-state index < -0.39 is 17.7 Å². The van der Waals surface area contributed by atoms with Crippen LogP contribution in [0, 0.1) is 5.82 Å². The molecule has 1 rings (SSSR count). The van der Waals surface area contributed by atoms with E-state index in [1.165, 1.54) is 19.2 Å². The monoisotopic (exact) mass is 246 g/mol. The Morgan fingerprint density at radius 1 is 1.62 bits per heavy atom. The third-order valence-corrected chi connectivity index (χ3v) is 2.57. The summed E-state index contributed by atoms with van der Waals surface area (Å²) in [6, 6.07) is 2.59. The SMILES string of the molecule is COc1c(Cl)ccc(F)c1C(C)CC(=O)O. The van der Waals surface area contributed by atoms with Crippen LogP contribution in [0.1, 0.15) is 24.8 Å². The van der Waals surface area contributed by atoms with Crippen LogP contribution in [0.15, 0.2) is 12.1 Å². The van der Waals surface area contributed by atoms with Gasteiger partial charge in [-0.2, -0.15) is 0 Å². The lowest BCUT2D eigenvalue weighted by molar-refractivity contribution is -0.137. The molecule has 0 aliphatic heterocycles. The first-order valence-electron chi connectivity index (χ1n) is 4.71. The van der Waals surface area contributed by atoms with Crippen molar-refractivity contribution < 1.29 is 19.0 Å². The molecule has 0 aromatic heterocycles. The first kappa shape index (κ1) is 12.8. The van der Waals surface area contributed by atoms with Crippen LogP contribution in [-0.2, 0) is 4.79 Å². The zero-order valence-corrected chi connectivity index (χ0v) is 9.71. The fourth-order valence-electron chi connectivity index (χ4n) is 1.58. The summed E-state index contributed by atoms with van der Waals surface area (Å²) in [6.45, 7) is 1.62. The number of hydrogen-bond acceptors (Lipinski definition) is 2. The predicted molar refractivity (Wildman–Crippen MR) is 58.6 cm³/mol. The molecule has 0 spiro atoms. The van der Waals surface area contributed by atoms with E-state index in [1.807, 2.05) is 0 Å². The van der Waals surface area contributed by atoms with Crippen molar-refractivity contribution in [1.82, 2.24) is 0 Å². The molecule has 3 nitrogen and oxygen atoms in total. The molecule has 1 atom stereocenters. The summed E-state index contributed by atoms with van der Waals surface area (Å²) in [7, 11) is 1.37. The topological polar surface area (TPSA) is 46.5 Å². The summed E-state index contributed by atoms with van der Waals surface area (Å²) in [5, 5.41) is 8.95. The number of benzene rings is 1. The molecule has 0 bridgehead atoms. The highest BCUT2D eigenvalue weighted by molar-refractivity contribution is 6.32. The van der Waals surface area contributed by atoms with Crippen molar-refractivity contribution in [2.24, 2.45) is 0 Å². The zero-order valence-electron chi connectivity index (χ0n) is 8.96. The minimum atomic E-state index is -0.992. The average Bonchev–Trinajstić information content (AvgIpc) is 2.19. The Morgan fingerprint density at radius 2 is 2.25 bits per heavy atom. The maximum Gasteiger partial charge on any atom is 0.303 e. The molecule has 0 saturated carbocycles. The van der Waals surface area contributed by atoms with Crippen molar-refractivity contribution >= 4 is 17.6 Å². The van der Waals surface area contributed by atoms with Crippen LogP contribution in [0.25, 0.3) is 0 Å². The van der Waals surface area contributed by atoms with Crippen molar-refractivity contribution in [3.8, 4) is 5.75 Å². The van der Waals surface area contributed by atoms with E-state index in [9.17, 15) is 9.18 Å². The van der Waals surface area contributed by atoms with Gasteiger partial charge in [0.1, 0.15) is 11.6 Å². The molecule has 88 valence electrons. The smallest absolute Gasteiger partial charge is 0.303 e. The average molecular weight is 247 g/mol. The van der Waals surface area contributed by atoms with Gasteiger partial charge in [-0.05, 0) is 18.1 Å². The van der Waals surface area contributed by atoms with Gasteiger partial charge in [-0.15, -0.1) is 0 Å². The molecule has 5 heteroatoms. The number of carboxylic acids is 1. The highest BCUT2D eigenvalue weighted by Gasteiger charge is 2.21. The van der Waals surface area contributed by atoms with E-state index in [0.717, 1.165) is 0 Å². The molecule has 1 aromatic carbocycles. The van der Waals surface area contributed by atoms with Gasteiger partial charge in [-0.1, -0.05) is 18.5 Å². The maximum atomic E-state index is 13.6. The van der Waals surface area contributed by atoms with E-state index in [-0.39, 0.29) is 22.8 Å². The normalized spacial score (nSPS) is 12.2. The van der Waals surface area contributed by atoms with Gasteiger partial charge in [0.05, 0.1) is 18.6 Å². The minimum absolute atomic E-state index is 0.173. The number of halogens is 2. The Bertz CT molecular complexity index is 406. The summed E-state index contributed by atoms with van der Waals surface area (Å²) in [6.07, 6.45) is -0.173. The third kappa shape index (κ3) is 2.64. The van der Waals surface area contributed by atoms with Crippen LogP contribution >= 0.6 is 11.6 Å². The van der Waals surface area contributed by atoms with E-state index in [2.05, 4.69) is 0 Å². The Hall–Kier alpha value is -1.29. The summed E-state index contributed by atoms with van der Waals surface area (Å²) in [5.41, 5.74) is 0.206. The number of rotatable bonds is 4. The van der Waals surface area contributed by atoms with Crippen LogP contribution in [0.2, 0.25) is 5.02 Å². The lowest BCUT2D eigenvalue weighted by atomic mass is 9.96. The van der Waals surface area contributed by atoms with Crippen molar-refractivity contribution in [1.29, 1.82) is 0 Å². The standard InChI is InChI=1S/C11H12ClFO3/c1-6(5-9(14)15)10-8(13)4-3-7(12)11(10)16-2/h3-4,6H,5H2,1-2H3,(H,14,15). The predicted octanol–water partition coefficient (Wildman–Crippen LogP) is 3.07. The molecular formula is C11H12ClFO3. The largest absolute Gasteiger partial charge is 0.495 e. The highest BCUT2D eigenvalue weighted by atomic mass is 35.5. The Morgan fingerprint density at radius 3 is 2.75 bits per heavy atom. The van der Waals surface area contributed by atoms with Crippen molar-refractivity contribution in [3.05, 3.63) is 28.5 Å². The lowest BCUT2D eigenvalue weighted by Crippen LogP contribution is -2.07. The molecule has 0 radical (unpaired) electrons. The Labute approximate surface area is 97.8 Å². The fourth-order valence-corrected chi connectivity index (χ4v) is 1.82. The van der Waals surface area contributed by atoms with Gasteiger partial charge in [0, 0.05) is 5.56 Å². The second-order valence-corrected chi connectivity index (χ2v) is 3.88. The van der Waals surface area contributed by atoms with Crippen LogP contribution in [-0.4, -0.2) is 18.2 Å². The fraction of sp³-hybridized carbons (Fsp3) is 0.364. The molecule has 1 N–H and O–H groups in total. The van der Waals surface area contributed by atoms with Crippen LogP contribution < -0.4 is 4.74 Å². The van der Waals surface area contributed by atoms with Gasteiger partial charge in [0.2, 0.25) is 0 Å². The summed E-state index contributed by atoms with van der Waals surface area (Å²) >= 11 is 5.84. The molecule has 0 fully saturated rings. The highest BCUT2D eigenvalue weighted by Crippen LogP contribution is 2.36. The van der Waals surface area contributed by atoms with Gasteiger partial charge < -0.3 is 9.84 Å². The van der Waals surface area contributed by atoms with Gasteiger partial charge >= 0.3 is 5.97 Å². The first-order chi connectivity index (χ1) is 7.47. The quantitative estimate of drug-likeness (QED) is 0.888. The number of aliphatic carboxylic acids is 1. The van der Waals surface area contributed by atoms with Crippen LogP contribution in [0.5, 0.6) is 5.75 Å². The second-order valence-electron chi connectivity index (χ2n) is 3.48. The van der Waals surface area contributed by atoms with Crippen molar-refractivity contribution in [3.63, 3.8) is 0 Å². The van der Waals surface area contributed by atoms with E-state index >= 15 is 0 Å². The van der Waals surface area contributed by atoms with Gasteiger partial charge in [0.25, 0.3) is 0 Å². The summed E-state index contributed by atoms with van der Waals surface area (Å²) in [4.78, 5) is 10.6. The maximum absolute atomic E-state index is 13.6.